The third-order valence-electron chi connectivity index (χ3n) is 10.1. The molecular weight excluding hydrogens is 649 g/mol. The van der Waals surface area contributed by atoms with Crippen molar-refractivity contribution in [1.29, 1.82) is 10.8 Å². The molecule has 0 bridgehead atoms. The Morgan fingerprint density at radius 2 is 1.13 bits per heavy atom. The molecule has 5 nitrogen and oxygen atoms in total. The molecule has 0 atom stereocenters. The summed E-state index contributed by atoms with van der Waals surface area (Å²) >= 11 is 0. The van der Waals surface area contributed by atoms with E-state index in [-0.39, 0.29) is 11.4 Å². The molecule has 5 heteroatoms. The predicted octanol–water partition coefficient (Wildman–Crippen LogP) is 12.3. The molecule has 248 valence electrons. The highest BCUT2D eigenvalue weighted by atomic mass is 16.3. The van der Waals surface area contributed by atoms with Crippen molar-refractivity contribution >= 4 is 50.2 Å². The number of aromatic nitrogens is 2. The second-order valence-electron chi connectivity index (χ2n) is 13.4. The molecule has 1 aliphatic carbocycles. The van der Waals surface area contributed by atoms with Gasteiger partial charge in [-0.3, -0.25) is 10.8 Å². The van der Waals surface area contributed by atoms with Crippen LogP contribution >= 0.6 is 0 Å². The van der Waals surface area contributed by atoms with Gasteiger partial charge in [0.25, 0.3) is 0 Å². The molecule has 1 aliphatic rings. The molecular formula is C48H30N4O. The van der Waals surface area contributed by atoms with E-state index < -0.39 is 0 Å². The van der Waals surface area contributed by atoms with E-state index in [1.807, 2.05) is 60.7 Å². The van der Waals surface area contributed by atoms with Gasteiger partial charge in [-0.05, 0) is 81.1 Å². The van der Waals surface area contributed by atoms with Crippen molar-refractivity contribution in [2.75, 3.05) is 0 Å². The Hall–Kier alpha value is -7.24. The Labute approximate surface area is 305 Å². The van der Waals surface area contributed by atoms with Crippen LogP contribution in [-0.2, 0) is 0 Å². The zero-order valence-corrected chi connectivity index (χ0v) is 28.5. The molecule has 0 fully saturated rings. The third-order valence-corrected chi connectivity index (χ3v) is 10.1. The Balaban J connectivity index is 1.16. The molecule has 2 N–H and O–H groups in total. The maximum absolute atomic E-state index is 8.66. The highest BCUT2D eigenvalue weighted by Gasteiger charge is 2.20. The van der Waals surface area contributed by atoms with Gasteiger partial charge < -0.3 is 4.42 Å². The monoisotopic (exact) mass is 678 g/mol. The van der Waals surface area contributed by atoms with Crippen LogP contribution in [0.25, 0.3) is 94.9 Å². The third kappa shape index (κ3) is 5.26. The number of hydrogen-bond donors (Lipinski definition) is 2. The van der Waals surface area contributed by atoms with E-state index in [0.29, 0.717) is 5.82 Å². The SMILES string of the molecule is N=C1C=Cc2ccc3cc(-c4nc(-c5cccc(-c6cccc(-c7ccccc7)c6)c5)cc(-c5cccc6oc7ccccc7c56)n4)ccc3c2C1=N. The van der Waals surface area contributed by atoms with Crippen LogP contribution in [0.15, 0.2) is 168 Å². The van der Waals surface area contributed by atoms with Crippen LogP contribution in [0, 0.1) is 10.8 Å². The van der Waals surface area contributed by atoms with Crippen LogP contribution in [-0.4, -0.2) is 21.4 Å². The molecule has 0 saturated carbocycles. The molecule has 0 radical (unpaired) electrons. The average molecular weight is 679 g/mol. The molecule has 0 saturated heterocycles. The summed E-state index contributed by atoms with van der Waals surface area (Å²) in [6, 6.07) is 54.2. The molecule has 7 aromatic carbocycles. The van der Waals surface area contributed by atoms with Crippen LogP contribution in [0.2, 0.25) is 0 Å². The first-order chi connectivity index (χ1) is 26.1. The minimum Gasteiger partial charge on any atom is -0.456 e. The minimum absolute atomic E-state index is 0.213. The van der Waals surface area contributed by atoms with Crippen LogP contribution in [0.1, 0.15) is 11.1 Å². The lowest BCUT2D eigenvalue weighted by atomic mass is 9.89. The summed E-state index contributed by atoms with van der Waals surface area (Å²) in [7, 11) is 0. The minimum atomic E-state index is 0.213. The fraction of sp³-hybridized carbons (Fsp3) is 0. The van der Waals surface area contributed by atoms with Crippen molar-refractivity contribution < 1.29 is 4.42 Å². The highest BCUT2D eigenvalue weighted by Crippen LogP contribution is 2.39. The quantitative estimate of drug-likeness (QED) is 0.190. The normalized spacial score (nSPS) is 12.5. The van der Waals surface area contributed by atoms with Crippen LogP contribution in [0.5, 0.6) is 0 Å². The van der Waals surface area contributed by atoms with E-state index in [1.165, 1.54) is 11.1 Å². The van der Waals surface area contributed by atoms with Crippen molar-refractivity contribution in [3.8, 4) is 56.2 Å². The maximum atomic E-state index is 8.66. The van der Waals surface area contributed by atoms with E-state index in [1.54, 1.807) is 6.08 Å². The molecule has 53 heavy (non-hydrogen) atoms. The number of fused-ring (bicyclic) bond motifs is 6. The van der Waals surface area contributed by atoms with Gasteiger partial charge in [0.05, 0.1) is 22.8 Å². The fourth-order valence-electron chi connectivity index (χ4n) is 7.51. The van der Waals surface area contributed by atoms with E-state index in [2.05, 4.69) is 103 Å². The molecule has 2 aromatic heterocycles. The first kappa shape index (κ1) is 30.6. The summed E-state index contributed by atoms with van der Waals surface area (Å²) in [6.07, 6.45) is 3.60. The molecule has 0 amide bonds. The summed E-state index contributed by atoms with van der Waals surface area (Å²) in [5, 5.41) is 20.9. The van der Waals surface area contributed by atoms with E-state index >= 15 is 0 Å². The number of nitrogens with one attached hydrogen (secondary N) is 2. The van der Waals surface area contributed by atoms with E-state index in [0.717, 1.165) is 83.0 Å². The number of rotatable bonds is 5. The second-order valence-corrected chi connectivity index (χ2v) is 13.4. The standard InChI is InChI=1S/C48H30N4O/c49-40-24-22-30-19-20-34-27-36(21-23-37(34)45(30)47(40)50)48-51-41(28-42(52-48)38-16-8-18-44-46(38)39-15-4-5-17-43(39)53-44)35-14-7-13-33(26-35)32-12-6-11-31(25-32)29-9-2-1-3-10-29/h1-28,49-50H. The number of furan rings is 1. The summed E-state index contributed by atoms with van der Waals surface area (Å²) in [4.78, 5) is 10.5. The van der Waals surface area contributed by atoms with Gasteiger partial charge in [0.1, 0.15) is 11.2 Å². The van der Waals surface area contributed by atoms with Gasteiger partial charge in [0, 0.05) is 33.0 Å². The lowest BCUT2D eigenvalue weighted by Gasteiger charge is -2.16. The molecule has 10 rings (SSSR count). The van der Waals surface area contributed by atoms with Gasteiger partial charge in [-0.1, -0.05) is 127 Å². The number of hydrogen-bond acceptors (Lipinski definition) is 5. The Morgan fingerprint density at radius 1 is 0.453 bits per heavy atom. The molecule has 0 unspecified atom stereocenters. The topological polar surface area (TPSA) is 86.6 Å². The first-order valence-electron chi connectivity index (χ1n) is 17.6. The second kappa shape index (κ2) is 12.2. The van der Waals surface area contributed by atoms with Crippen LogP contribution in [0.4, 0.5) is 0 Å². The molecule has 9 aromatic rings. The fourth-order valence-corrected chi connectivity index (χ4v) is 7.51. The molecule has 0 aliphatic heterocycles. The van der Waals surface area contributed by atoms with Crippen LogP contribution in [0.3, 0.4) is 0 Å². The van der Waals surface area contributed by atoms with E-state index in [9.17, 15) is 0 Å². The number of para-hydroxylation sites is 1. The number of benzene rings is 7. The zero-order chi connectivity index (χ0) is 35.5. The number of allylic oxidation sites excluding steroid dienone is 1. The van der Waals surface area contributed by atoms with E-state index in [4.69, 9.17) is 25.2 Å². The van der Waals surface area contributed by atoms with Gasteiger partial charge in [-0.15, -0.1) is 0 Å². The van der Waals surface area contributed by atoms with Gasteiger partial charge in [0.15, 0.2) is 5.82 Å². The van der Waals surface area contributed by atoms with Crippen molar-refractivity contribution in [2.45, 2.75) is 0 Å². The molecule has 2 heterocycles. The summed E-state index contributed by atoms with van der Waals surface area (Å²) in [5.41, 5.74) is 12.8. The van der Waals surface area contributed by atoms with Gasteiger partial charge in [-0.25, -0.2) is 9.97 Å². The highest BCUT2D eigenvalue weighted by molar-refractivity contribution is 6.53. The summed E-state index contributed by atoms with van der Waals surface area (Å²) < 4.78 is 6.28. The van der Waals surface area contributed by atoms with Crippen molar-refractivity contribution in [1.82, 2.24) is 9.97 Å². The lowest BCUT2D eigenvalue weighted by molar-refractivity contribution is 0.669. The Morgan fingerprint density at radius 3 is 1.98 bits per heavy atom. The summed E-state index contributed by atoms with van der Waals surface area (Å²) in [5.74, 6) is 0.598. The van der Waals surface area contributed by atoms with Crippen molar-refractivity contribution in [2.24, 2.45) is 0 Å². The summed E-state index contributed by atoms with van der Waals surface area (Å²) in [6.45, 7) is 0. The van der Waals surface area contributed by atoms with Crippen molar-refractivity contribution in [3.63, 3.8) is 0 Å². The number of nitrogens with zero attached hydrogens (tertiary/aromatic N) is 2. The first-order valence-corrected chi connectivity index (χ1v) is 17.6. The van der Waals surface area contributed by atoms with Gasteiger partial charge >= 0.3 is 0 Å². The Bertz CT molecular complexity index is 2990. The molecule has 0 spiro atoms. The van der Waals surface area contributed by atoms with Crippen LogP contribution < -0.4 is 0 Å². The Kier molecular flexibility index (Phi) is 7.05. The zero-order valence-electron chi connectivity index (χ0n) is 28.5. The lowest BCUT2D eigenvalue weighted by Crippen LogP contribution is -2.16. The average Bonchev–Trinajstić information content (AvgIpc) is 3.61. The smallest absolute Gasteiger partial charge is 0.160 e. The largest absolute Gasteiger partial charge is 0.456 e. The van der Waals surface area contributed by atoms with Crippen molar-refractivity contribution in [3.05, 3.63) is 175 Å². The van der Waals surface area contributed by atoms with Gasteiger partial charge in [0.2, 0.25) is 0 Å². The predicted molar refractivity (Wildman–Crippen MR) is 218 cm³/mol. The van der Waals surface area contributed by atoms with Gasteiger partial charge in [-0.2, -0.15) is 0 Å². The maximum Gasteiger partial charge on any atom is 0.160 e.